The summed E-state index contributed by atoms with van der Waals surface area (Å²) in [5.41, 5.74) is 0.974. The lowest BCUT2D eigenvalue weighted by molar-refractivity contribution is 0.0240. The van der Waals surface area contributed by atoms with Crippen molar-refractivity contribution in [3.8, 4) is 5.75 Å². The molecule has 0 aliphatic carbocycles. The molecule has 1 saturated heterocycles. The van der Waals surface area contributed by atoms with E-state index < -0.39 is 22.4 Å². The van der Waals surface area contributed by atoms with Crippen molar-refractivity contribution in [3.63, 3.8) is 0 Å². The molecule has 2 aliphatic rings. The van der Waals surface area contributed by atoms with Crippen LogP contribution in [0.25, 0.3) is 0 Å². The Bertz CT molecular complexity index is 969. The molecule has 2 unspecified atom stereocenters. The molecule has 0 spiro atoms. The number of hydrogen-bond acceptors (Lipinski definition) is 5. The summed E-state index contributed by atoms with van der Waals surface area (Å²) in [7, 11) is -1.74. The summed E-state index contributed by atoms with van der Waals surface area (Å²) in [6.07, 6.45) is 2.18. The third-order valence-corrected chi connectivity index (χ3v) is 6.75. The Morgan fingerprint density at radius 3 is 2.22 bits per heavy atom. The second-order valence-corrected chi connectivity index (χ2v) is 11.0. The van der Waals surface area contributed by atoms with E-state index in [1.54, 1.807) is 16.1 Å². The van der Waals surface area contributed by atoms with Crippen LogP contribution in [0, 0.1) is 0 Å². The van der Waals surface area contributed by atoms with E-state index >= 15 is 0 Å². The smallest absolute Gasteiger partial charge is 0.410 e. The number of fused-ring (bicyclic) bond motifs is 1. The van der Waals surface area contributed by atoms with Gasteiger partial charge in [0, 0.05) is 26.2 Å². The van der Waals surface area contributed by atoms with Crippen LogP contribution in [0.5, 0.6) is 5.75 Å². The van der Waals surface area contributed by atoms with Crippen molar-refractivity contribution in [2.24, 2.45) is 0 Å². The second-order valence-electron chi connectivity index (χ2n) is 9.58. The summed E-state index contributed by atoms with van der Waals surface area (Å²) in [5.74, 6) is -0.0915. The first kappa shape index (κ1) is 32.2. The maximum atomic E-state index is 13.9. The number of hydrogen-bond donors (Lipinski definition) is 0. The molecule has 2 aliphatic heterocycles. The molecule has 7 nitrogen and oxygen atoms in total. The highest BCUT2D eigenvalue weighted by Crippen LogP contribution is 2.43. The van der Waals surface area contributed by atoms with E-state index in [1.165, 1.54) is 12.5 Å². The molecule has 37 heavy (non-hydrogen) atoms. The second kappa shape index (κ2) is 14.8. The Labute approximate surface area is 225 Å². The number of nitrogens with zero attached hydrogens (tertiary/aromatic N) is 3. The molecule has 1 fully saturated rings. The zero-order chi connectivity index (χ0) is 28.3. The van der Waals surface area contributed by atoms with E-state index in [1.807, 2.05) is 45.9 Å². The van der Waals surface area contributed by atoms with Crippen LogP contribution in [0.15, 0.2) is 54.7 Å². The molecule has 2 atom stereocenters. The molecule has 1 aromatic carbocycles. The van der Waals surface area contributed by atoms with Gasteiger partial charge in [-0.3, -0.25) is 4.31 Å². The zero-order valence-electron chi connectivity index (χ0n) is 23.5. The number of amides is 1. The first-order chi connectivity index (χ1) is 17.4. The molecule has 208 valence electrons. The van der Waals surface area contributed by atoms with Crippen LogP contribution >= 0.6 is 0 Å². The number of allylic oxidation sites excluding steroid dienone is 2. The number of anilines is 2. The minimum Gasteiger partial charge on any atom is -0.484 e. The van der Waals surface area contributed by atoms with Gasteiger partial charge in [0.2, 0.25) is 0 Å². The molecule has 0 saturated carbocycles. The lowest BCUT2D eigenvalue weighted by Crippen LogP contribution is -2.50. The van der Waals surface area contributed by atoms with Crippen LogP contribution in [0.2, 0.25) is 0 Å². The monoisotopic (exact) mass is 537 g/mol. The molecule has 0 aromatic heterocycles. The number of carbonyl (C=O) groups is 1. The van der Waals surface area contributed by atoms with Gasteiger partial charge in [0.05, 0.1) is 22.8 Å². The van der Waals surface area contributed by atoms with Crippen LogP contribution in [-0.2, 0) is 15.7 Å². The maximum absolute atomic E-state index is 13.9. The van der Waals surface area contributed by atoms with Crippen molar-refractivity contribution in [1.82, 2.24) is 4.90 Å². The van der Waals surface area contributed by atoms with Gasteiger partial charge in [-0.2, -0.15) is 0 Å². The summed E-state index contributed by atoms with van der Waals surface area (Å²) in [6.45, 7) is 25.3. The molecule has 3 rings (SSSR count). The molecule has 1 amide bonds. The van der Waals surface area contributed by atoms with Crippen LogP contribution in [0.1, 0.15) is 54.9 Å². The van der Waals surface area contributed by atoms with E-state index in [0.717, 1.165) is 5.69 Å². The van der Waals surface area contributed by atoms with E-state index in [9.17, 15) is 13.4 Å². The van der Waals surface area contributed by atoms with E-state index in [0.29, 0.717) is 44.2 Å². The molecule has 0 N–H and O–H groups in total. The minimum absolute atomic E-state index is 0.0569. The van der Waals surface area contributed by atoms with E-state index in [2.05, 4.69) is 38.5 Å². The Morgan fingerprint density at radius 1 is 1.19 bits per heavy atom. The van der Waals surface area contributed by atoms with Crippen LogP contribution in [-0.4, -0.2) is 59.6 Å². The van der Waals surface area contributed by atoms with Gasteiger partial charge < -0.3 is 19.3 Å². The summed E-state index contributed by atoms with van der Waals surface area (Å²) in [4.78, 5) is 16.3. The molecule has 0 bridgehead atoms. The first-order valence-corrected chi connectivity index (χ1v) is 13.8. The zero-order valence-corrected chi connectivity index (χ0v) is 24.3. The number of carbonyl (C=O) groups excluding carboxylic acids is 1. The van der Waals surface area contributed by atoms with Gasteiger partial charge in [0.25, 0.3) is 0 Å². The van der Waals surface area contributed by atoms with Gasteiger partial charge in [-0.05, 0) is 46.8 Å². The van der Waals surface area contributed by atoms with Crippen molar-refractivity contribution >= 4 is 28.5 Å². The summed E-state index contributed by atoms with van der Waals surface area (Å²) in [6, 6.07) is 5.65. The van der Waals surface area contributed by atoms with Crippen molar-refractivity contribution < 1.29 is 22.9 Å². The highest BCUT2D eigenvalue weighted by atomic mass is 32.2. The first-order valence-electron chi connectivity index (χ1n) is 12.7. The fraction of sp³-hybridized carbons (Fsp3) is 0.536. The predicted octanol–water partition coefficient (Wildman–Crippen LogP) is 6.60. The van der Waals surface area contributed by atoms with Crippen LogP contribution in [0.4, 0.5) is 20.6 Å². The van der Waals surface area contributed by atoms with Gasteiger partial charge >= 0.3 is 6.09 Å². The number of benzene rings is 1. The van der Waals surface area contributed by atoms with Gasteiger partial charge in [-0.25, -0.2) is 13.4 Å². The Balaban J connectivity index is 0.00000127. The normalized spacial score (nSPS) is 18.2. The van der Waals surface area contributed by atoms with Crippen molar-refractivity contribution in [2.45, 2.75) is 66.6 Å². The van der Waals surface area contributed by atoms with E-state index in [-0.39, 0.29) is 17.1 Å². The quantitative estimate of drug-likeness (QED) is 0.320. The third kappa shape index (κ3) is 8.91. The molecule has 1 aromatic rings. The Morgan fingerprint density at radius 2 is 1.73 bits per heavy atom. The minimum atomic E-state index is -1.74. The van der Waals surface area contributed by atoms with E-state index in [4.69, 9.17) is 9.47 Å². The number of para-hydroxylation sites is 1. The molecule has 2 heterocycles. The van der Waals surface area contributed by atoms with Crippen molar-refractivity contribution in [3.05, 3.63) is 54.7 Å². The van der Waals surface area contributed by atoms with Gasteiger partial charge in [-0.15, -0.1) is 13.2 Å². The lowest BCUT2D eigenvalue weighted by Gasteiger charge is -2.40. The number of ether oxygens (including phenoxy) is 2. The summed E-state index contributed by atoms with van der Waals surface area (Å²) >= 11 is 0. The molecular formula is C28H44FN3O4S. The molecule has 9 heteroatoms. The highest BCUT2D eigenvalue weighted by molar-refractivity contribution is 7.90. The summed E-state index contributed by atoms with van der Waals surface area (Å²) in [5, 5.41) is 0. The fourth-order valence-corrected chi connectivity index (χ4v) is 5.03. The average Bonchev–Trinajstić information content (AvgIpc) is 2.84. The molecular weight excluding hydrogens is 493 g/mol. The Kier molecular flexibility index (Phi) is 12.9. The topological polar surface area (TPSA) is 62.3 Å². The van der Waals surface area contributed by atoms with Crippen molar-refractivity contribution in [1.29, 1.82) is 0 Å². The van der Waals surface area contributed by atoms with Crippen LogP contribution < -0.4 is 13.9 Å². The average molecular weight is 538 g/mol. The number of rotatable bonds is 4. The predicted molar refractivity (Wildman–Crippen MR) is 153 cm³/mol. The Hall–Kier alpha value is -2.81. The van der Waals surface area contributed by atoms with Crippen LogP contribution in [0.3, 0.4) is 0 Å². The summed E-state index contributed by atoms with van der Waals surface area (Å²) < 4.78 is 40.3. The van der Waals surface area contributed by atoms with Gasteiger partial charge in [-0.1, -0.05) is 39.0 Å². The SMILES string of the molecule is C=C.C=C(F)/C(=C\C)S(=O)N1CC(C)Oc2c(N3CCN(C(=O)OC(C)(C)C)CC3)cccc21.CCC. The lowest BCUT2D eigenvalue weighted by atomic mass is 10.1. The van der Waals surface area contributed by atoms with Gasteiger partial charge in [0.1, 0.15) is 17.5 Å². The number of piperazine rings is 1. The van der Waals surface area contributed by atoms with Crippen molar-refractivity contribution in [2.75, 3.05) is 41.9 Å². The number of halogens is 1. The fourth-order valence-electron chi connectivity index (χ4n) is 3.73. The van der Waals surface area contributed by atoms with Gasteiger partial charge in [0.15, 0.2) is 16.7 Å². The largest absolute Gasteiger partial charge is 0.484 e. The standard InChI is InChI=1S/C23H32FN3O4S.C3H8.C2H4/c1-7-20(17(3)24)32(29)27-15-16(2)30-21-18(9-8-10-19(21)27)25-11-13-26(14-12-25)22(28)31-23(4,5)6;1-3-2;1-2/h7-10,16H,3,11-15H2,1-2,4-6H3;3H2,1-2H3;1-2H2/b20-7+;;. The highest BCUT2D eigenvalue weighted by Gasteiger charge is 2.33. The maximum Gasteiger partial charge on any atom is 0.410 e. The third-order valence-electron chi connectivity index (χ3n) is 5.17. The molecule has 0 radical (unpaired) electrons.